The molecule has 0 aliphatic rings. The number of ether oxygens (including phenoxy) is 1. The fraction of sp³-hybridized carbons (Fsp3) is 0.364. The van der Waals surface area contributed by atoms with Crippen molar-refractivity contribution in [2.45, 2.75) is 19.4 Å². The highest BCUT2D eigenvalue weighted by atomic mass is 16.5. The molecule has 0 bridgehead atoms. The third-order valence-corrected chi connectivity index (χ3v) is 2.41. The number of carbonyl (C=O) groups is 2. The minimum absolute atomic E-state index is 0.120. The summed E-state index contributed by atoms with van der Waals surface area (Å²) in [6, 6.07) is 2.81. The van der Waals surface area contributed by atoms with Gasteiger partial charge in [-0.05, 0) is 26.0 Å². The van der Waals surface area contributed by atoms with Gasteiger partial charge in [0.25, 0.3) is 11.5 Å². The van der Waals surface area contributed by atoms with Crippen LogP contribution in [-0.4, -0.2) is 28.2 Å². The number of aromatic nitrogens is 1. The molecular weight excluding hydrogens is 240 g/mol. The number of amides is 1. The Kier molecular flexibility index (Phi) is 3.75. The fourth-order valence-corrected chi connectivity index (χ4v) is 1.28. The maximum absolute atomic E-state index is 12.0. The maximum Gasteiger partial charge on any atom is 0.329 e. The zero-order valence-electron chi connectivity index (χ0n) is 10.0. The highest BCUT2D eigenvalue weighted by Gasteiger charge is 2.30. The second-order valence-corrected chi connectivity index (χ2v) is 4.17. The number of pyridine rings is 1. The average molecular weight is 254 g/mol. The van der Waals surface area contributed by atoms with E-state index in [4.69, 9.17) is 15.6 Å². The van der Waals surface area contributed by atoms with E-state index in [2.05, 4.69) is 0 Å². The van der Waals surface area contributed by atoms with Gasteiger partial charge in [0.1, 0.15) is 5.54 Å². The molecule has 0 radical (unpaired) electrons. The van der Waals surface area contributed by atoms with Gasteiger partial charge >= 0.3 is 5.97 Å². The second kappa shape index (κ2) is 4.91. The largest absolute Gasteiger partial charge is 0.480 e. The zero-order valence-corrected chi connectivity index (χ0v) is 10.0. The Bertz CT molecular complexity index is 532. The van der Waals surface area contributed by atoms with Crippen LogP contribution in [0.25, 0.3) is 0 Å². The summed E-state index contributed by atoms with van der Waals surface area (Å²) >= 11 is 0. The molecule has 1 aromatic rings. The number of rotatable bonds is 5. The van der Waals surface area contributed by atoms with E-state index in [9.17, 15) is 14.4 Å². The number of primary amides is 1. The number of carboxylic acid groups (broad SMARTS) is 1. The van der Waals surface area contributed by atoms with Gasteiger partial charge in [-0.25, -0.2) is 4.79 Å². The van der Waals surface area contributed by atoms with E-state index < -0.39 is 29.6 Å². The topological polar surface area (TPSA) is 112 Å². The lowest BCUT2D eigenvalue weighted by Gasteiger charge is -2.22. The van der Waals surface area contributed by atoms with Gasteiger partial charge in [0.05, 0.1) is 0 Å². The lowest BCUT2D eigenvalue weighted by molar-refractivity contribution is -0.145. The first-order chi connectivity index (χ1) is 8.26. The van der Waals surface area contributed by atoms with Gasteiger partial charge in [-0.2, -0.15) is 0 Å². The standard InChI is InChI=1S/C11H14N2O5/c1-11(2,10(16)17)13-5-3-4-7(9(13)15)18-6-8(12)14/h3-5H,6H2,1-2H3,(H2,12,14)(H,16,17). The quantitative estimate of drug-likeness (QED) is 0.737. The molecular formula is C11H14N2O5. The smallest absolute Gasteiger partial charge is 0.329 e. The molecule has 1 aromatic heterocycles. The molecule has 0 aromatic carbocycles. The Morgan fingerprint density at radius 2 is 2.11 bits per heavy atom. The highest BCUT2D eigenvalue weighted by molar-refractivity contribution is 5.76. The number of nitrogens with two attached hydrogens (primary N) is 1. The zero-order chi connectivity index (χ0) is 13.9. The van der Waals surface area contributed by atoms with E-state index in [0.29, 0.717) is 0 Å². The SMILES string of the molecule is CC(C)(C(=O)O)n1cccc(OCC(N)=O)c1=O. The van der Waals surface area contributed by atoms with E-state index in [0.717, 1.165) is 4.57 Å². The molecule has 0 spiro atoms. The molecule has 0 atom stereocenters. The summed E-state index contributed by atoms with van der Waals surface area (Å²) in [5.74, 6) is -2.00. The second-order valence-electron chi connectivity index (χ2n) is 4.17. The number of hydrogen-bond acceptors (Lipinski definition) is 4. The van der Waals surface area contributed by atoms with Crippen LogP contribution in [0.1, 0.15) is 13.8 Å². The van der Waals surface area contributed by atoms with Gasteiger partial charge in [0, 0.05) is 6.20 Å². The van der Waals surface area contributed by atoms with Gasteiger partial charge < -0.3 is 15.6 Å². The van der Waals surface area contributed by atoms with Crippen molar-refractivity contribution < 1.29 is 19.4 Å². The third kappa shape index (κ3) is 2.68. The Balaban J connectivity index is 3.18. The molecule has 3 N–H and O–H groups in total. The number of carboxylic acids is 1. The van der Waals surface area contributed by atoms with Crippen molar-refractivity contribution in [3.8, 4) is 5.75 Å². The predicted octanol–water partition coefficient (Wildman–Crippen LogP) is -0.468. The Morgan fingerprint density at radius 3 is 2.61 bits per heavy atom. The summed E-state index contributed by atoms with van der Waals surface area (Å²) in [4.78, 5) is 33.6. The van der Waals surface area contributed by atoms with E-state index >= 15 is 0 Å². The molecule has 0 unspecified atom stereocenters. The molecule has 0 aliphatic heterocycles. The van der Waals surface area contributed by atoms with Crippen LogP contribution in [0.5, 0.6) is 5.75 Å². The van der Waals surface area contributed by atoms with E-state index in [1.807, 2.05) is 0 Å². The molecule has 0 aliphatic carbocycles. The van der Waals surface area contributed by atoms with Gasteiger partial charge in [-0.3, -0.25) is 14.2 Å². The molecule has 98 valence electrons. The van der Waals surface area contributed by atoms with Gasteiger partial charge in [0.2, 0.25) is 0 Å². The third-order valence-electron chi connectivity index (χ3n) is 2.41. The van der Waals surface area contributed by atoms with E-state index in [-0.39, 0.29) is 5.75 Å². The average Bonchev–Trinajstić information content (AvgIpc) is 2.27. The summed E-state index contributed by atoms with van der Waals surface area (Å²) in [6.45, 7) is 2.33. The van der Waals surface area contributed by atoms with Crippen LogP contribution in [0, 0.1) is 0 Å². The van der Waals surface area contributed by atoms with Crippen LogP contribution in [-0.2, 0) is 15.1 Å². The molecule has 0 saturated carbocycles. The summed E-state index contributed by atoms with van der Waals surface area (Å²) in [6.07, 6.45) is 1.34. The monoisotopic (exact) mass is 254 g/mol. The summed E-state index contributed by atoms with van der Waals surface area (Å²) in [5.41, 5.74) is 2.85. The lowest BCUT2D eigenvalue weighted by atomic mass is 10.1. The summed E-state index contributed by atoms with van der Waals surface area (Å²) in [7, 11) is 0. The number of hydrogen-bond donors (Lipinski definition) is 2. The van der Waals surface area contributed by atoms with Crippen molar-refractivity contribution in [3.63, 3.8) is 0 Å². The van der Waals surface area contributed by atoms with Crippen molar-refractivity contribution >= 4 is 11.9 Å². The highest BCUT2D eigenvalue weighted by Crippen LogP contribution is 2.14. The molecule has 7 heteroatoms. The molecule has 0 saturated heterocycles. The molecule has 1 heterocycles. The first kappa shape index (κ1) is 13.8. The van der Waals surface area contributed by atoms with Crippen molar-refractivity contribution in [1.29, 1.82) is 0 Å². The first-order valence-electron chi connectivity index (χ1n) is 5.13. The van der Waals surface area contributed by atoms with E-state index in [1.165, 1.54) is 32.2 Å². The minimum atomic E-state index is -1.41. The van der Waals surface area contributed by atoms with Crippen molar-refractivity contribution in [1.82, 2.24) is 4.57 Å². The van der Waals surface area contributed by atoms with Crippen LogP contribution in [0.4, 0.5) is 0 Å². The van der Waals surface area contributed by atoms with Crippen molar-refractivity contribution in [3.05, 3.63) is 28.7 Å². The van der Waals surface area contributed by atoms with E-state index in [1.54, 1.807) is 0 Å². The van der Waals surface area contributed by atoms with Gasteiger partial charge in [-0.1, -0.05) is 0 Å². The van der Waals surface area contributed by atoms with Crippen LogP contribution >= 0.6 is 0 Å². The first-order valence-corrected chi connectivity index (χ1v) is 5.13. The number of nitrogens with zero attached hydrogens (tertiary/aromatic N) is 1. The summed E-state index contributed by atoms with van der Waals surface area (Å²) in [5, 5.41) is 9.05. The van der Waals surface area contributed by atoms with Crippen LogP contribution in [0.2, 0.25) is 0 Å². The molecule has 0 fully saturated rings. The molecule has 7 nitrogen and oxygen atoms in total. The fourth-order valence-electron chi connectivity index (χ4n) is 1.28. The van der Waals surface area contributed by atoms with Crippen LogP contribution < -0.4 is 16.0 Å². The number of carbonyl (C=O) groups excluding carboxylic acids is 1. The van der Waals surface area contributed by atoms with Crippen LogP contribution in [0.3, 0.4) is 0 Å². The molecule has 18 heavy (non-hydrogen) atoms. The minimum Gasteiger partial charge on any atom is -0.480 e. The van der Waals surface area contributed by atoms with Crippen molar-refractivity contribution in [2.24, 2.45) is 5.73 Å². The predicted molar refractivity (Wildman–Crippen MR) is 62.3 cm³/mol. The Labute approximate surface area is 103 Å². The Morgan fingerprint density at radius 1 is 1.50 bits per heavy atom. The van der Waals surface area contributed by atoms with Crippen molar-refractivity contribution in [2.75, 3.05) is 6.61 Å². The number of aliphatic carboxylic acids is 1. The van der Waals surface area contributed by atoms with Gasteiger partial charge in [-0.15, -0.1) is 0 Å². The van der Waals surface area contributed by atoms with Gasteiger partial charge in [0.15, 0.2) is 12.4 Å². The lowest BCUT2D eigenvalue weighted by Crippen LogP contribution is -2.42. The summed E-state index contributed by atoms with van der Waals surface area (Å²) < 4.78 is 5.93. The van der Waals surface area contributed by atoms with Crippen LogP contribution in [0.15, 0.2) is 23.1 Å². The molecule has 1 amide bonds. The maximum atomic E-state index is 12.0. The molecule has 1 rings (SSSR count). The normalized spacial score (nSPS) is 11.0. The Hall–Kier alpha value is -2.31.